The average Bonchev–Trinajstić information content (AvgIpc) is 3.36. The smallest absolute Gasteiger partial charge is 0.309 e. The zero-order valence-corrected chi connectivity index (χ0v) is 12.7. The predicted molar refractivity (Wildman–Crippen MR) is 82.0 cm³/mol. The van der Waals surface area contributed by atoms with E-state index in [9.17, 15) is 18.4 Å². The number of esters is 1. The summed E-state index contributed by atoms with van der Waals surface area (Å²) in [6, 6.07) is 10.5. The van der Waals surface area contributed by atoms with Crippen molar-refractivity contribution < 1.29 is 23.1 Å². The first-order chi connectivity index (χ1) is 11.5. The molecule has 6 heteroatoms. The second-order valence-corrected chi connectivity index (χ2v) is 5.72. The number of amides is 1. The lowest BCUT2D eigenvalue weighted by molar-refractivity contribution is -0.146. The highest BCUT2D eigenvalue weighted by molar-refractivity contribution is 5.94. The number of nitrogens with two attached hydrogens (primary N) is 1. The first-order valence-corrected chi connectivity index (χ1v) is 7.47. The number of halogens is 2. The normalized spacial score (nSPS) is 18.9. The maximum Gasteiger partial charge on any atom is 0.309 e. The van der Waals surface area contributed by atoms with E-state index in [4.69, 9.17) is 10.5 Å². The van der Waals surface area contributed by atoms with Gasteiger partial charge in [-0.05, 0) is 24.1 Å². The van der Waals surface area contributed by atoms with Crippen LogP contribution in [0.5, 0.6) is 0 Å². The number of rotatable bonds is 5. The van der Waals surface area contributed by atoms with Crippen LogP contribution in [0.4, 0.5) is 8.78 Å². The van der Waals surface area contributed by atoms with Gasteiger partial charge in [0.2, 0.25) is 5.91 Å². The van der Waals surface area contributed by atoms with Crippen LogP contribution >= 0.6 is 0 Å². The highest BCUT2D eigenvalue weighted by Crippen LogP contribution is 2.49. The molecule has 4 nitrogen and oxygen atoms in total. The second kappa shape index (κ2) is 6.39. The summed E-state index contributed by atoms with van der Waals surface area (Å²) in [5, 5.41) is 0. The average molecular weight is 331 g/mol. The molecule has 0 unspecified atom stereocenters. The van der Waals surface area contributed by atoms with Crippen molar-refractivity contribution >= 4 is 11.9 Å². The molecular weight excluding hydrogens is 316 g/mol. The SMILES string of the molecule is NC(=O)c1ccccc1COC(=O)[C@H]1C[C@H]1c1cccc(F)c1F. The minimum atomic E-state index is -0.929. The predicted octanol–water partition coefficient (Wildman–Crippen LogP) is 2.91. The van der Waals surface area contributed by atoms with Crippen LogP contribution in [0.25, 0.3) is 0 Å². The molecule has 3 rings (SSSR count). The summed E-state index contributed by atoms with van der Waals surface area (Å²) in [6.45, 7) is -0.0905. The molecule has 0 aliphatic heterocycles. The van der Waals surface area contributed by atoms with Gasteiger partial charge in [0, 0.05) is 17.0 Å². The van der Waals surface area contributed by atoms with Crippen LogP contribution in [0.3, 0.4) is 0 Å². The molecule has 1 amide bonds. The van der Waals surface area contributed by atoms with Crippen molar-refractivity contribution in [3.8, 4) is 0 Å². The number of primary amides is 1. The Hall–Kier alpha value is -2.76. The highest BCUT2D eigenvalue weighted by Gasteiger charge is 2.46. The molecule has 0 saturated heterocycles. The molecule has 2 atom stereocenters. The van der Waals surface area contributed by atoms with Gasteiger partial charge in [0.05, 0.1) is 5.92 Å². The van der Waals surface area contributed by atoms with Gasteiger partial charge in [0.1, 0.15) is 6.61 Å². The van der Waals surface area contributed by atoms with E-state index in [2.05, 4.69) is 0 Å². The van der Waals surface area contributed by atoms with Gasteiger partial charge in [-0.15, -0.1) is 0 Å². The standard InChI is InChI=1S/C18H15F2NO3/c19-15-7-3-6-12(16(15)20)13-8-14(13)18(23)24-9-10-4-1-2-5-11(10)17(21)22/h1-7,13-14H,8-9H2,(H2,21,22)/t13-,14-/m0/s1. The molecule has 1 aliphatic rings. The number of hydrogen-bond donors (Lipinski definition) is 1. The molecule has 2 N–H and O–H groups in total. The lowest BCUT2D eigenvalue weighted by Gasteiger charge is -2.08. The molecule has 0 bridgehead atoms. The van der Waals surface area contributed by atoms with Gasteiger partial charge in [-0.2, -0.15) is 0 Å². The molecule has 0 aromatic heterocycles. The molecule has 2 aromatic rings. The van der Waals surface area contributed by atoms with Gasteiger partial charge in [-0.3, -0.25) is 9.59 Å². The molecule has 1 saturated carbocycles. The minimum Gasteiger partial charge on any atom is -0.461 e. The van der Waals surface area contributed by atoms with Gasteiger partial charge >= 0.3 is 5.97 Å². The fourth-order valence-electron chi connectivity index (χ4n) is 2.75. The molecular formula is C18H15F2NO3. The van der Waals surface area contributed by atoms with Crippen LogP contribution in [0.2, 0.25) is 0 Å². The molecule has 0 spiro atoms. The second-order valence-electron chi connectivity index (χ2n) is 5.72. The molecule has 124 valence electrons. The van der Waals surface area contributed by atoms with E-state index in [-0.39, 0.29) is 23.7 Å². The van der Waals surface area contributed by atoms with E-state index in [1.54, 1.807) is 24.3 Å². The quantitative estimate of drug-likeness (QED) is 0.857. The number of carbonyl (C=O) groups excluding carboxylic acids is 2. The Morgan fingerprint density at radius 2 is 1.88 bits per heavy atom. The summed E-state index contributed by atoms with van der Waals surface area (Å²) in [6.07, 6.45) is 0.413. The Kier molecular flexibility index (Phi) is 4.29. The maximum atomic E-state index is 13.7. The fourth-order valence-corrected chi connectivity index (χ4v) is 2.75. The third-order valence-electron chi connectivity index (χ3n) is 4.13. The van der Waals surface area contributed by atoms with E-state index in [0.29, 0.717) is 12.0 Å². The van der Waals surface area contributed by atoms with Crippen molar-refractivity contribution in [2.75, 3.05) is 0 Å². The van der Waals surface area contributed by atoms with Gasteiger partial charge in [-0.25, -0.2) is 8.78 Å². The third kappa shape index (κ3) is 3.13. The van der Waals surface area contributed by atoms with Crippen LogP contribution < -0.4 is 5.73 Å². The van der Waals surface area contributed by atoms with E-state index in [1.807, 2.05) is 0 Å². The number of carbonyl (C=O) groups is 2. The van der Waals surface area contributed by atoms with E-state index in [0.717, 1.165) is 6.07 Å². The summed E-state index contributed by atoms with van der Waals surface area (Å²) in [7, 11) is 0. The van der Waals surface area contributed by atoms with Crippen molar-refractivity contribution in [1.82, 2.24) is 0 Å². The lowest BCUT2D eigenvalue weighted by atomic mass is 10.1. The van der Waals surface area contributed by atoms with Crippen molar-refractivity contribution in [2.24, 2.45) is 11.7 Å². The van der Waals surface area contributed by atoms with Crippen LogP contribution in [0.1, 0.15) is 33.8 Å². The Balaban J connectivity index is 1.64. The Morgan fingerprint density at radius 3 is 2.62 bits per heavy atom. The summed E-state index contributed by atoms with van der Waals surface area (Å²) < 4.78 is 32.2. The first kappa shape index (κ1) is 16.1. The third-order valence-corrected chi connectivity index (χ3v) is 4.13. The molecule has 1 aliphatic carbocycles. The Morgan fingerprint density at radius 1 is 1.12 bits per heavy atom. The van der Waals surface area contributed by atoms with Crippen LogP contribution in [-0.4, -0.2) is 11.9 Å². The zero-order valence-electron chi connectivity index (χ0n) is 12.7. The monoisotopic (exact) mass is 331 g/mol. The van der Waals surface area contributed by atoms with Crippen molar-refractivity contribution in [1.29, 1.82) is 0 Å². The number of ether oxygens (including phenoxy) is 1. The summed E-state index contributed by atoms with van der Waals surface area (Å²) in [4.78, 5) is 23.4. The molecule has 0 radical (unpaired) electrons. The number of benzene rings is 2. The van der Waals surface area contributed by atoms with Gasteiger partial charge < -0.3 is 10.5 Å². The topological polar surface area (TPSA) is 69.4 Å². The Labute approximate surface area is 137 Å². The fraction of sp³-hybridized carbons (Fsp3) is 0.222. The van der Waals surface area contributed by atoms with Crippen LogP contribution in [-0.2, 0) is 16.1 Å². The highest BCUT2D eigenvalue weighted by atomic mass is 19.2. The van der Waals surface area contributed by atoms with Crippen molar-refractivity contribution in [2.45, 2.75) is 18.9 Å². The largest absolute Gasteiger partial charge is 0.461 e. The van der Waals surface area contributed by atoms with E-state index >= 15 is 0 Å². The van der Waals surface area contributed by atoms with Gasteiger partial charge in [-0.1, -0.05) is 30.3 Å². The van der Waals surface area contributed by atoms with Crippen molar-refractivity contribution in [3.05, 3.63) is 70.8 Å². The molecule has 24 heavy (non-hydrogen) atoms. The van der Waals surface area contributed by atoms with Crippen LogP contribution in [0, 0.1) is 17.6 Å². The minimum absolute atomic E-state index is 0.0905. The van der Waals surface area contributed by atoms with Crippen LogP contribution in [0.15, 0.2) is 42.5 Å². The molecule has 2 aromatic carbocycles. The summed E-state index contributed by atoms with van der Waals surface area (Å²) >= 11 is 0. The summed E-state index contributed by atoms with van der Waals surface area (Å²) in [5.41, 5.74) is 6.25. The van der Waals surface area contributed by atoms with Gasteiger partial charge in [0.15, 0.2) is 11.6 Å². The Bertz CT molecular complexity index is 807. The van der Waals surface area contributed by atoms with E-state index < -0.39 is 29.4 Å². The summed E-state index contributed by atoms with van der Waals surface area (Å²) in [5.74, 6) is -3.82. The van der Waals surface area contributed by atoms with Crippen molar-refractivity contribution in [3.63, 3.8) is 0 Å². The van der Waals surface area contributed by atoms with Gasteiger partial charge in [0.25, 0.3) is 0 Å². The first-order valence-electron chi connectivity index (χ1n) is 7.47. The molecule has 1 fully saturated rings. The number of hydrogen-bond acceptors (Lipinski definition) is 3. The van der Waals surface area contributed by atoms with E-state index in [1.165, 1.54) is 12.1 Å². The lowest BCUT2D eigenvalue weighted by Crippen LogP contribution is -2.15. The zero-order chi connectivity index (χ0) is 17.3. The maximum absolute atomic E-state index is 13.7. The molecule has 0 heterocycles.